The summed E-state index contributed by atoms with van der Waals surface area (Å²) in [5, 5.41) is 10.8. The normalized spacial score (nSPS) is 10.5. The summed E-state index contributed by atoms with van der Waals surface area (Å²) < 4.78 is 5.35. The number of ether oxygens (including phenoxy) is 1. The molecule has 2 rings (SSSR count). The highest BCUT2D eigenvalue weighted by Crippen LogP contribution is 2.16. The van der Waals surface area contributed by atoms with Crippen molar-refractivity contribution in [1.82, 2.24) is 10.2 Å². The average molecular weight is 285 g/mol. The van der Waals surface area contributed by atoms with Gasteiger partial charge in [0.15, 0.2) is 5.69 Å². The molecule has 0 radical (unpaired) electrons. The maximum absolute atomic E-state index is 12.1. The summed E-state index contributed by atoms with van der Waals surface area (Å²) in [5.41, 5.74) is 1.86. The van der Waals surface area contributed by atoms with Gasteiger partial charge in [0.1, 0.15) is 5.75 Å². The summed E-state index contributed by atoms with van der Waals surface area (Å²) in [7, 11) is 0. The second kappa shape index (κ2) is 6.83. The topological polar surface area (TPSA) is 64.1 Å². The number of carbonyl (C=O) groups is 1. The van der Waals surface area contributed by atoms with E-state index < -0.39 is 0 Å². The first-order valence-corrected chi connectivity index (χ1v) is 6.98. The average Bonchev–Trinajstić information content (AvgIpc) is 2.49. The zero-order valence-corrected chi connectivity index (χ0v) is 12.5. The number of aromatic nitrogens is 2. The maximum atomic E-state index is 12.1. The number of hydrogen-bond donors (Lipinski definition) is 1. The Bertz CT molecular complexity index is 592. The van der Waals surface area contributed by atoms with Crippen molar-refractivity contribution in [2.75, 3.05) is 11.9 Å². The van der Waals surface area contributed by atoms with Crippen molar-refractivity contribution in [3.05, 3.63) is 47.8 Å². The Labute approximate surface area is 124 Å². The number of carbonyl (C=O) groups excluding carboxylic acids is 1. The molecule has 1 amide bonds. The Balaban J connectivity index is 2.03. The second-order valence-corrected chi connectivity index (χ2v) is 4.91. The highest BCUT2D eigenvalue weighted by atomic mass is 16.5. The molecule has 5 nitrogen and oxygen atoms in total. The summed E-state index contributed by atoms with van der Waals surface area (Å²) in [5.74, 6) is 0.791. The predicted octanol–water partition coefficient (Wildman–Crippen LogP) is 3.25. The lowest BCUT2D eigenvalue weighted by Crippen LogP contribution is -2.14. The minimum absolute atomic E-state index is 0.276. The molecule has 0 unspecified atom stereocenters. The number of amides is 1. The van der Waals surface area contributed by atoms with Crippen LogP contribution < -0.4 is 10.1 Å². The molecule has 21 heavy (non-hydrogen) atoms. The van der Waals surface area contributed by atoms with E-state index >= 15 is 0 Å². The van der Waals surface area contributed by atoms with Gasteiger partial charge in [-0.25, -0.2) is 0 Å². The smallest absolute Gasteiger partial charge is 0.276 e. The van der Waals surface area contributed by atoms with Gasteiger partial charge in [-0.15, -0.1) is 5.10 Å². The van der Waals surface area contributed by atoms with E-state index in [2.05, 4.69) is 15.5 Å². The Kier molecular flexibility index (Phi) is 4.87. The molecule has 1 N–H and O–H groups in total. The van der Waals surface area contributed by atoms with Crippen molar-refractivity contribution >= 4 is 11.6 Å². The number of nitrogens with one attached hydrogen (secondary N) is 1. The molecular weight excluding hydrogens is 266 g/mol. The van der Waals surface area contributed by atoms with Crippen molar-refractivity contribution in [2.45, 2.75) is 26.7 Å². The summed E-state index contributed by atoms with van der Waals surface area (Å²) in [6.07, 6.45) is 0. The van der Waals surface area contributed by atoms with Crippen LogP contribution in [0, 0.1) is 0 Å². The van der Waals surface area contributed by atoms with Gasteiger partial charge < -0.3 is 10.1 Å². The van der Waals surface area contributed by atoms with Crippen LogP contribution in [0.4, 0.5) is 5.69 Å². The van der Waals surface area contributed by atoms with Gasteiger partial charge in [-0.3, -0.25) is 4.79 Å². The van der Waals surface area contributed by atoms with Gasteiger partial charge in [-0.05, 0) is 49.2 Å². The number of rotatable bonds is 5. The van der Waals surface area contributed by atoms with Crippen LogP contribution in [0.2, 0.25) is 0 Å². The molecule has 0 saturated carbocycles. The van der Waals surface area contributed by atoms with E-state index in [-0.39, 0.29) is 5.91 Å². The number of benzene rings is 1. The van der Waals surface area contributed by atoms with Crippen molar-refractivity contribution < 1.29 is 9.53 Å². The Morgan fingerprint density at radius 2 is 1.86 bits per heavy atom. The zero-order valence-electron chi connectivity index (χ0n) is 12.5. The summed E-state index contributed by atoms with van der Waals surface area (Å²) in [6.45, 7) is 6.60. The minimum atomic E-state index is -0.276. The second-order valence-electron chi connectivity index (χ2n) is 4.91. The lowest BCUT2D eigenvalue weighted by Gasteiger charge is -2.07. The van der Waals surface area contributed by atoms with Gasteiger partial charge in [0.2, 0.25) is 0 Å². The predicted molar refractivity (Wildman–Crippen MR) is 81.7 cm³/mol. The highest BCUT2D eigenvalue weighted by Gasteiger charge is 2.10. The third-order valence-corrected chi connectivity index (χ3v) is 2.93. The highest BCUT2D eigenvalue weighted by molar-refractivity contribution is 6.02. The molecule has 0 aliphatic carbocycles. The van der Waals surface area contributed by atoms with E-state index in [4.69, 9.17) is 4.74 Å². The van der Waals surface area contributed by atoms with Crippen LogP contribution in [0.5, 0.6) is 5.75 Å². The first kappa shape index (κ1) is 15.0. The van der Waals surface area contributed by atoms with E-state index in [1.807, 2.05) is 39.0 Å². The molecule has 0 aliphatic rings. The molecule has 0 spiro atoms. The van der Waals surface area contributed by atoms with Crippen LogP contribution in [0.1, 0.15) is 42.9 Å². The molecule has 5 heteroatoms. The molecule has 0 atom stereocenters. The standard InChI is InChI=1S/C16H19N3O2/c1-4-21-13-7-5-12(6-8-13)17-16(20)15-10-9-14(11(2)3)18-19-15/h5-11H,4H2,1-3H3,(H,17,20). The first-order chi connectivity index (χ1) is 10.1. The van der Waals surface area contributed by atoms with Gasteiger partial charge >= 0.3 is 0 Å². The van der Waals surface area contributed by atoms with Crippen LogP contribution in [0.3, 0.4) is 0 Å². The van der Waals surface area contributed by atoms with E-state index in [9.17, 15) is 4.79 Å². The molecule has 1 aromatic heterocycles. The van der Waals surface area contributed by atoms with Gasteiger partial charge in [0, 0.05) is 5.69 Å². The van der Waals surface area contributed by atoms with E-state index in [0.717, 1.165) is 11.4 Å². The van der Waals surface area contributed by atoms with Crippen molar-refractivity contribution in [3.63, 3.8) is 0 Å². The molecule has 0 fully saturated rings. The van der Waals surface area contributed by atoms with Crippen LogP contribution in [0.15, 0.2) is 36.4 Å². The molecule has 0 aliphatic heterocycles. The van der Waals surface area contributed by atoms with Crippen LogP contribution >= 0.6 is 0 Å². The Morgan fingerprint density at radius 3 is 2.38 bits per heavy atom. The summed E-state index contributed by atoms with van der Waals surface area (Å²) >= 11 is 0. The molecule has 1 heterocycles. The maximum Gasteiger partial charge on any atom is 0.276 e. The lowest BCUT2D eigenvalue weighted by molar-refractivity contribution is 0.102. The third-order valence-electron chi connectivity index (χ3n) is 2.93. The summed E-state index contributed by atoms with van der Waals surface area (Å²) in [4.78, 5) is 12.1. The SMILES string of the molecule is CCOc1ccc(NC(=O)c2ccc(C(C)C)nn2)cc1. The van der Waals surface area contributed by atoms with Gasteiger partial charge in [0.25, 0.3) is 5.91 Å². The van der Waals surface area contributed by atoms with Gasteiger partial charge in [-0.1, -0.05) is 13.8 Å². The largest absolute Gasteiger partial charge is 0.494 e. The third kappa shape index (κ3) is 4.02. The zero-order chi connectivity index (χ0) is 15.2. The molecule has 0 saturated heterocycles. The summed E-state index contributed by atoms with van der Waals surface area (Å²) in [6, 6.07) is 10.7. The van der Waals surface area contributed by atoms with Crippen molar-refractivity contribution in [1.29, 1.82) is 0 Å². The quantitative estimate of drug-likeness (QED) is 0.916. The Hall–Kier alpha value is -2.43. The van der Waals surface area contributed by atoms with E-state index in [1.165, 1.54) is 0 Å². The number of anilines is 1. The molecular formula is C16H19N3O2. The molecule has 0 bridgehead atoms. The Morgan fingerprint density at radius 1 is 1.14 bits per heavy atom. The van der Waals surface area contributed by atoms with E-state index in [0.29, 0.717) is 23.9 Å². The van der Waals surface area contributed by atoms with E-state index in [1.54, 1.807) is 18.2 Å². The lowest BCUT2D eigenvalue weighted by atomic mass is 10.1. The van der Waals surface area contributed by atoms with Crippen LogP contribution in [-0.2, 0) is 0 Å². The number of hydrogen-bond acceptors (Lipinski definition) is 4. The molecule has 110 valence electrons. The van der Waals surface area contributed by atoms with Crippen LogP contribution in [-0.4, -0.2) is 22.7 Å². The van der Waals surface area contributed by atoms with Crippen LogP contribution in [0.25, 0.3) is 0 Å². The fourth-order valence-electron chi connectivity index (χ4n) is 1.77. The monoisotopic (exact) mass is 285 g/mol. The molecule has 1 aromatic carbocycles. The fraction of sp³-hybridized carbons (Fsp3) is 0.312. The van der Waals surface area contributed by atoms with Gasteiger partial charge in [0.05, 0.1) is 12.3 Å². The van der Waals surface area contributed by atoms with Crippen molar-refractivity contribution in [3.8, 4) is 5.75 Å². The fourth-order valence-corrected chi connectivity index (χ4v) is 1.77. The minimum Gasteiger partial charge on any atom is -0.494 e. The van der Waals surface area contributed by atoms with Gasteiger partial charge in [-0.2, -0.15) is 5.10 Å². The van der Waals surface area contributed by atoms with Crippen molar-refractivity contribution in [2.24, 2.45) is 0 Å². The number of nitrogens with zero attached hydrogens (tertiary/aromatic N) is 2. The first-order valence-electron chi connectivity index (χ1n) is 6.98. The molecule has 2 aromatic rings.